The van der Waals surface area contributed by atoms with Gasteiger partial charge in [-0.25, -0.2) is 4.83 Å². The van der Waals surface area contributed by atoms with Crippen molar-refractivity contribution >= 4 is 21.4 Å². The number of hydrogen-bond acceptors (Lipinski definition) is 5. The summed E-state index contributed by atoms with van der Waals surface area (Å²) < 4.78 is 24.4. The minimum absolute atomic E-state index is 0.150. The molecule has 120 valence electrons. The van der Waals surface area contributed by atoms with Crippen molar-refractivity contribution in [1.29, 1.82) is 0 Å². The van der Waals surface area contributed by atoms with Crippen LogP contribution in [-0.4, -0.2) is 19.1 Å². The molecule has 0 atom stereocenters. The fraction of sp³-hybridized carbons (Fsp3) is 0.500. The third kappa shape index (κ3) is 4.03. The lowest BCUT2D eigenvalue weighted by Crippen LogP contribution is -2.20. The maximum absolute atomic E-state index is 12.2. The molecule has 1 saturated carbocycles. The zero-order chi connectivity index (χ0) is 16.2. The van der Waals surface area contributed by atoms with Crippen LogP contribution in [0.2, 0.25) is 0 Å². The van der Waals surface area contributed by atoms with Crippen LogP contribution in [0.15, 0.2) is 28.2 Å². The molecule has 1 aliphatic carbocycles. The summed E-state index contributed by atoms with van der Waals surface area (Å²) in [4.78, 5) is 12.4. The summed E-state index contributed by atoms with van der Waals surface area (Å²) in [6, 6.07) is 3.83. The number of benzene rings is 1. The van der Waals surface area contributed by atoms with Crippen LogP contribution in [0.25, 0.3) is 0 Å². The fourth-order valence-electron chi connectivity index (χ4n) is 2.38. The second-order valence-electron chi connectivity index (χ2n) is 5.39. The maximum Gasteiger partial charge on any atom is 0.276 e. The molecule has 22 heavy (non-hydrogen) atoms. The first-order chi connectivity index (χ1) is 10.4. The Labute approximate surface area is 129 Å². The van der Waals surface area contributed by atoms with Gasteiger partial charge in [-0.1, -0.05) is 18.9 Å². The van der Waals surface area contributed by atoms with E-state index in [1.165, 1.54) is 12.1 Å². The fourth-order valence-corrected chi connectivity index (χ4v) is 3.25. The van der Waals surface area contributed by atoms with Gasteiger partial charge in [0.15, 0.2) is 0 Å². The van der Waals surface area contributed by atoms with Crippen molar-refractivity contribution < 1.29 is 13.3 Å². The highest BCUT2D eigenvalue weighted by molar-refractivity contribution is 7.89. The molecular formula is C14H19N3O4S. The van der Waals surface area contributed by atoms with E-state index in [0.717, 1.165) is 50.3 Å². The molecule has 1 aliphatic rings. The molecule has 0 heterocycles. The Kier molecular flexibility index (Phi) is 5.12. The van der Waals surface area contributed by atoms with Crippen molar-refractivity contribution in [2.45, 2.75) is 50.3 Å². The summed E-state index contributed by atoms with van der Waals surface area (Å²) in [5.41, 5.74) is 1.03. The van der Waals surface area contributed by atoms with Crippen LogP contribution >= 0.6 is 0 Å². The van der Waals surface area contributed by atoms with Crippen LogP contribution in [0.5, 0.6) is 0 Å². The van der Waals surface area contributed by atoms with Gasteiger partial charge in [0.2, 0.25) is 0 Å². The summed E-state index contributed by atoms with van der Waals surface area (Å²) in [7, 11) is -3.89. The van der Waals surface area contributed by atoms with E-state index < -0.39 is 14.9 Å². The van der Waals surface area contributed by atoms with Gasteiger partial charge in [0.05, 0.1) is 9.82 Å². The highest BCUT2D eigenvalue weighted by Crippen LogP contribution is 2.22. The monoisotopic (exact) mass is 325 g/mol. The predicted octanol–water partition coefficient (Wildman–Crippen LogP) is 2.89. The molecular weight excluding hydrogens is 306 g/mol. The highest BCUT2D eigenvalue weighted by Gasteiger charge is 2.19. The molecule has 1 aromatic rings. The molecule has 0 aliphatic heterocycles. The summed E-state index contributed by atoms with van der Waals surface area (Å²) >= 11 is 0. The lowest BCUT2D eigenvalue weighted by atomic mass is 10.2. The van der Waals surface area contributed by atoms with E-state index >= 15 is 0 Å². The van der Waals surface area contributed by atoms with E-state index in [9.17, 15) is 18.5 Å². The maximum atomic E-state index is 12.2. The van der Waals surface area contributed by atoms with Gasteiger partial charge in [-0.05, 0) is 38.7 Å². The van der Waals surface area contributed by atoms with Gasteiger partial charge in [0.25, 0.3) is 15.7 Å². The Morgan fingerprint density at radius 2 is 1.82 bits per heavy atom. The molecule has 8 heteroatoms. The molecule has 1 N–H and O–H groups in total. The van der Waals surface area contributed by atoms with Crippen LogP contribution in [0.4, 0.5) is 5.69 Å². The van der Waals surface area contributed by atoms with E-state index in [1.807, 2.05) is 0 Å². The SMILES string of the molecule is Cc1ccc(S(=O)(=O)NN=C2CCCCCC2)cc1[N+](=O)[O-]. The number of nitrogens with one attached hydrogen (secondary N) is 1. The lowest BCUT2D eigenvalue weighted by molar-refractivity contribution is -0.385. The Morgan fingerprint density at radius 3 is 2.41 bits per heavy atom. The van der Waals surface area contributed by atoms with Crippen molar-refractivity contribution in [3.63, 3.8) is 0 Å². The minimum Gasteiger partial charge on any atom is -0.258 e. The van der Waals surface area contributed by atoms with Crippen LogP contribution in [0.1, 0.15) is 44.1 Å². The molecule has 7 nitrogen and oxygen atoms in total. The highest BCUT2D eigenvalue weighted by atomic mass is 32.2. The minimum atomic E-state index is -3.89. The second kappa shape index (κ2) is 6.87. The number of hydrogen-bond donors (Lipinski definition) is 1. The number of sulfonamides is 1. The zero-order valence-corrected chi connectivity index (χ0v) is 13.2. The average Bonchev–Trinajstić information content (AvgIpc) is 2.74. The van der Waals surface area contributed by atoms with Crippen molar-refractivity contribution in [3.8, 4) is 0 Å². The summed E-state index contributed by atoms with van der Waals surface area (Å²) in [5, 5.41) is 14.9. The first-order valence-electron chi connectivity index (χ1n) is 7.22. The molecule has 0 aromatic heterocycles. The number of hydrazone groups is 1. The van der Waals surface area contributed by atoms with E-state index in [0.29, 0.717) is 5.56 Å². The molecule has 0 radical (unpaired) electrons. The zero-order valence-electron chi connectivity index (χ0n) is 12.4. The van der Waals surface area contributed by atoms with Crippen LogP contribution < -0.4 is 4.83 Å². The summed E-state index contributed by atoms with van der Waals surface area (Å²) in [5.74, 6) is 0. The largest absolute Gasteiger partial charge is 0.276 e. The van der Waals surface area contributed by atoms with Gasteiger partial charge < -0.3 is 0 Å². The van der Waals surface area contributed by atoms with Gasteiger partial charge in [-0.15, -0.1) is 0 Å². The first-order valence-corrected chi connectivity index (χ1v) is 8.71. The number of rotatable bonds is 4. The molecule has 0 saturated heterocycles. The Morgan fingerprint density at radius 1 is 1.18 bits per heavy atom. The van der Waals surface area contributed by atoms with E-state index in [4.69, 9.17) is 0 Å². The Bertz CT molecular complexity index is 688. The normalized spacial score (nSPS) is 16.0. The van der Waals surface area contributed by atoms with Crippen molar-refractivity contribution in [3.05, 3.63) is 33.9 Å². The van der Waals surface area contributed by atoms with E-state index in [1.54, 1.807) is 6.92 Å². The molecule has 0 spiro atoms. The topological polar surface area (TPSA) is 102 Å². The molecule has 0 unspecified atom stereocenters. The van der Waals surface area contributed by atoms with Gasteiger partial charge >= 0.3 is 0 Å². The third-order valence-electron chi connectivity index (χ3n) is 3.69. The van der Waals surface area contributed by atoms with Crippen LogP contribution in [0, 0.1) is 17.0 Å². The molecule has 2 rings (SSSR count). The number of nitro groups is 1. The summed E-state index contributed by atoms with van der Waals surface area (Å²) in [6.45, 7) is 1.56. The number of aryl methyl sites for hydroxylation is 1. The average molecular weight is 325 g/mol. The van der Waals surface area contributed by atoms with Gasteiger partial charge in [0, 0.05) is 17.3 Å². The quantitative estimate of drug-likeness (QED) is 0.522. The second-order valence-corrected chi connectivity index (χ2v) is 7.05. The third-order valence-corrected chi connectivity index (χ3v) is 4.90. The number of nitrogens with zero attached hydrogens (tertiary/aromatic N) is 2. The van der Waals surface area contributed by atoms with Crippen molar-refractivity contribution in [2.75, 3.05) is 0 Å². The van der Waals surface area contributed by atoms with Gasteiger partial charge in [-0.3, -0.25) is 10.1 Å². The standard InChI is InChI=1S/C14H19N3O4S/c1-11-8-9-13(10-14(11)17(18)19)22(20,21)16-15-12-6-4-2-3-5-7-12/h8-10,16H,2-7H2,1H3. The van der Waals surface area contributed by atoms with Crippen molar-refractivity contribution in [2.24, 2.45) is 5.10 Å². The molecule has 1 fully saturated rings. The van der Waals surface area contributed by atoms with Crippen LogP contribution in [0.3, 0.4) is 0 Å². The first kappa shape index (κ1) is 16.4. The van der Waals surface area contributed by atoms with Crippen LogP contribution in [-0.2, 0) is 10.0 Å². The number of nitro benzene ring substituents is 1. The Hall–Kier alpha value is -1.96. The van der Waals surface area contributed by atoms with E-state index in [2.05, 4.69) is 9.93 Å². The van der Waals surface area contributed by atoms with E-state index in [-0.39, 0.29) is 10.6 Å². The molecule has 0 bridgehead atoms. The Balaban J connectivity index is 2.21. The molecule has 1 aromatic carbocycles. The lowest BCUT2D eigenvalue weighted by Gasteiger charge is -2.07. The molecule has 0 amide bonds. The van der Waals surface area contributed by atoms with Gasteiger partial charge in [0.1, 0.15) is 0 Å². The van der Waals surface area contributed by atoms with Gasteiger partial charge in [-0.2, -0.15) is 13.5 Å². The summed E-state index contributed by atoms with van der Waals surface area (Å²) in [6.07, 6.45) is 5.87. The predicted molar refractivity (Wildman–Crippen MR) is 83.3 cm³/mol. The van der Waals surface area contributed by atoms with Crippen molar-refractivity contribution in [1.82, 2.24) is 4.83 Å². The smallest absolute Gasteiger partial charge is 0.258 e.